The smallest absolute Gasteiger partial charge is 0.229 e. The highest BCUT2D eigenvalue weighted by Crippen LogP contribution is 2.46. The highest BCUT2D eigenvalue weighted by molar-refractivity contribution is 5.45. The first-order valence-electron chi connectivity index (χ1n) is 12.5. The van der Waals surface area contributed by atoms with Crippen molar-refractivity contribution in [2.24, 2.45) is 11.8 Å². The molecule has 2 fully saturated rings. The fourth-order valence-corrected chi connectivity index (χ4v) is 5.12. The zero-order valence-electron chi connectivity index (χ0n) is 21.9. The monoisotopic (exact) mass is 552 g/mol. The van der Waals surface area contributed by atoms with Crippen LogP contribution in [-0.2, 0) is 9.47 Å². The zero-order valence-corrected chi connectivity index (χ0v) is 21.9. The van der Waals surface area contributed by atoms with Crippen LogP contribution in [0, 0.1) is 11.8 Å². The molecule has 0 aliphatic carbocycles. The molecule has 9 unspecified atom stereocenters. The van der Waals surface area contributed by atoms with Crippen LogP contribution in [0.15, 0.2) is 36.4 Å². The van der Waals surface area contributed by atoms with E-state index in [4.69, 9.17) is 28.4 Å². The second-order valence-electron chi connectivity index (χ2n) is 9.55. The Hall–Kier alpha value is -2.68. The van der Waals surface area contributed by atoms with Crippen LogP contribution in [0.5, 0.6) is 23.0 Å². The molecule has 0 saturated carbocycles. The van der Waals surface area contributed by atoms with Gasteiger partial charge >= 0.3 is 0 Å². The molecule has 2 aromatic carbocycles. The van der Waals surface area contributed by atoms with E-state index in [2.05, 4.69) is 0 Å². The number of ether oxygens (including phenoxy) is 6. The first kappa shape index (κ1) is 29.3. The van der Waals surface area contributed by atoms with Crippen molar-refractivity contribution in [2.75, 3.05) is 41.2 Å². The number of hydrogen-bond donors (Lipinski definition) is 6. The fourth-order valence-electron chi connectivity index (χ4n) is 5.12. The average Bonchev–Trinajstić information content (AvgIpc) is 3.40. The molecule has 2 aliphatic heterocycles. The lowest BCUT2D eigenvalue weighted by Crippen LogP contribution is -2.60. The minimum Gasteiger partial charge on any atom is -0.493 e. The molecule has 4 rings (SSSR count). The Morgan fingerprint density at radius 1 is 0.821 bits per heavy atom. The van der Waals surface area contributed by atoms with E-state index in [1.54, 1.807) is 36.4 Å². The molecule has 216 valence electrons. The molecule has 0 radical (unpaired) electrons. The van der Waals surface area contributed by atoms with Crippen LogP contribution in [0.2, 0.25) is 0 Å². The maximum atomic E-state index is 11.2. The van der Waals surface area contributed by atoms with Gasteiger partial charge < -0.3 is 59.1 Å². The lowest BCUT2D eigenvalue weighted by atomic mass is 9.82. The van der Waals surface area contributed by atoms with E-state index in [0.717, 1.165) is 0 Å². The van der Waals surface area contributed by atoms with Gasteiger partial charge in [-0.1, -0.05) is 12.1 Å². The Kier molecular flexibility index (Phi) is 9.51. The lowest BCUT2D eigenvalue weighted by Gasteiger charge is -2.39. The molecule has 6 N–H and O–H groups in total. The van der Waals surface area contributed by atoms with E-state index in [-0.39, 0.29) is 24.7 Å². The van der Waals surface area contributed by atoms with E-state index >= 15 is 0 Å². The van der Waals surface area contributed by atoms with Crippen molar-refractivity contribution in [3.63, 3.8) is 0 Å². The van der Waals surface area contributed by atoms with Gasteiger partial charge in [-0.05, 0) is 35.4 Å². The van der Waals surface area contributed by atoms with Gasteiger partial charge in [0.1, 0.15) is 24.4 Å². The maximum Gasteiger partial charge on any atom is 0.229 e. The Morgan fingerprint density at radius 3 is 2.13 bits per heavy atom. The Balaban J connectivity index is 1.52. The van der Waals surface area contributed by atoms with Gasteiger partial charge in [-0.15, -0.1) is 0 Å². The number of aliphatic hydroxyl groups is 6. The SMILES string of the molecule is COc1ccc(C(O)C2COC(c3ccc(OC4OC(CO)C(O)C(O)C4O)c(OC)c3)C2CO)cc1OC. The summed E-state index contributed by atoms with van der Waals surface area (Å²) in [5, 5.41) is 61.2. The van der Waals surface area contributed by atoms with Crippen LogP contribution in [-0.4, -0.2) is 102 Å². The van der Waals surface area contributed by atoms with Gasteiger partial charge in [0.25, 0.3) is 0 Å². The van der Waals surface area contributed by atoms with Gasteiger partial charge in [-0.2, -0.15) is 0 Å². The molecular formula is C27H36O12. The molecular weight excluding hydrogens is 516 g/mol. The summed E-state index contributed by atoms with van der Waals surface area (Å²) in [4.78, 5) is 0. The number of benzene rings is 2. The van der Waals surface area contributed by atoms with Crippen LogP contribution in [0.25, 0.3) is 0 Å². The summed E-state index contributed by atoms with van der Waals surface area (Å²) in [6, 6.07) is 10.0. The van der Waals surface area contributed by atoms with Gasteiger partial charge in [0.2, 0.25) is 6.29 Å². The van der Waals surface area contributed by atoms with Crippen molar-refractivity contribution in [1.82, 2.24) is 0 Å². The average molecular weight is 553 g/mol. The summed E-state index contributed by atoms with van der Waals surface area (Å²) in [6.45, 7) is -0.638. The highest BCUT2D eigenvalue weighted by Gasteiger charge is 2.45. The predicted octanol–water partition coefficient (Wildman–Crippen LogP) is -0.0793. The molecule has 0 bridgehead atoms. The van der Waals surface area contributed by atoms with E-state index in [9.17, 15) is 30.6 Å². The van der Waals surface area contributed by atoms with Crippen molar-refractivity contribution in [3.05, 3.63) is 47.5 Å². The molecule has 0 amide bonds. The molecule has 2 aromatic rings. The van der Waals surface area contributed by atoms with Gasteiger partial charge in [0.15, 0.2) is 23.0 Å². The van der Waals surface area contributed by atoms with Gasteiger partial charge in [0.05, 0.1) is 46.8 Å². The standard InChI is InChI=1S/C27H36O12/c1-34-17-6-4-13(8-19(17)35-2)22(30)16-12-37-26(15(16)10-28)14-5-7-18(20(9-14)36-3)38-27-25(33)24(32)23(31)21(11-29)39-27/h4-9,15-16,21-33H,10-12H2,1-3H3. The third kappa shape index (κ3) is 5.79. The molecule has 2 heterocycles. The summed E-state index contributed by atoms with van der Waals surface area (Å²) >= 11 is 0. The fraction of sp³-hybridized carbons (Fsp3) is 0.556. The maximum absolute atomic E-state index is 11.2. The van der Waals surface area contributed by atoms with E-state index in [0.29, 0.717) is 22.6 Å². The summed E-state index contributed by atoms with van der Waals surface area (Å²) in [7, 11) is 4.46. The predicted molar refractivity (Wildman–Crippen MR) is 135 cm³/mol. The minimum absolute atomic E-state index is 0.172. The molecule has 0 spiro atoms. The molecule has 2 saturated heterocycles. The quantitative estimate of drug-likeness (QED) is 0.231. The van der Waals surface area contributed by atoms with Gasteiger partial charge in [-0.25, -0.2) is 0 Å². The highest BCUT2D eigenvalue weighted by atomic mass is 16.7. The molecule has 39 heavy (non-hydrogen) atoms. The number of rotatable bonds is 10. The van der Waals surface area contributed by atoms with Crippen LogP contribution in [0.1, 0.15) is 23.3 Å². The minimum atomic E-state index is -1.59. The third-order valence-corrected chi connectivity index (χ3v) is 7.38. The second kappa shape index (κ2) is 12.7. The van der Waals surface area contributed by atoms with Gasteiger partial charge in [0, 0.05) is 18.4 Å². The van der Waals surface area contributed by atoms with Crippen LogP contribution >= 0.6 is 0 Å². The number of methoxy groups -OCH3 is 3. The number of hydrogen-bond acceptors (Lipinski definition) is 12. The lowest BCUT2D eigenvalue weighted by molar-refractivity contribution is -0.277. The van der Waals surface area contributed by atoms with E-state index in [1.807, 2.05) is 0 Å². The summed E-state index contributed by atoms with van der Waals surface area (Å²) in [5.41, 5.74) is 1.26. The Labute approximate surface area is 225 Å². The normalized spacial score (nSPS) is 31.5. The van der Waals surface area contributed by atoms with E-state index < -0.39 is 61.4 Å². The van der Waals surface area contributed by atoms with Crippen LogP contribution in [0.4, 0.5) is 0 Å². The van der Waals surface area contributed by atoms with Crippen molar-refractivity contribution in [2.45, 2.75) is 42.9 Å². The summed E-state index contributed by atoms with van der Waals surface area (Å²) < 4.78 is 33.3. The largest absolute Gasteiger partial charge is 0.493 e. The summed E-state index contributed by atoms with van der Waals surface area (Å²) in [6.07, 6.45) is -8.68. The van der Waals surface area contributed by atoms with Gasteiger partial charge in [-0.3, -0.25) is 0 Å². The first-order chi connectivity index (χ1) is 18.8. The molecule has 0 aromatic heterocycles. The number of aliphatic hydroxyl groups excluding tert-OH is 6. The van der Waals surface area contributed by atoms with Crippen molar-refractivity contribution < 1.29 is 59.1 Å². The van der Waals surface area contributed by atoms with Crippen LogP contribution in [0.3, 0.4) is 0 Å². The second-order valence-corrected chi connectivity index (χ2v) is 9.55. The third-order valence-electron chi connectivity index (χ3n) is 7.38. The van der Waals surface area contributed by atoms with Crippen molar-refractivity contribution in [1.29, 1.82) is 0 Å². The van der Waals surface area contributed by atoms with Crippen molar-refractivity contribution >= 4 is 0 Å². The topological polar surface area (TPSA) is 177 Å². The molecule has 12 heteroatoms. The molecule has 12 nitrogen and oxygen atoms in total. The van der Waals surface area contributed by atoms with E-state index in [1.165, 1.54) is 21.3 Å². The molecule has 9 atom stereocenters. The Morgan fingerprint density at radius 2 is 1.49 bits per heavy atom. The zero-order chi connectivity index (χ0) is 28.3. The molecule has 2 aliphatic rings. The first-order valence-corrected chi connectivity index (χ1v) is 12.5. The Bertz CT molecular complexity index is 1090. The van der Waals surface area contributed by atoms with Crippen molar-refractivity contribution in [3.8, 4) is 23.0 Å². The summed E-state index contributed by atoms with van der Waals surface area (Å²) in [5.74, 6) is 0.569. The van der Waals surface area contributed by atoms with Crippen LogP contribution < -0.4 is 18.9 Å².